The van der Waals surface area contributed by atoms with E-state index in [0.29, 0.717) is 29.8 Å². The van der Waals surface area contributed by atoms with Crippen molar-refractivity contribution >= 4 is 28.8 Å². The maximum atomic E-state index is 13.5. The van der Waals surface area contributed by atoms with Gasteiger partial charge in [-0.3, -0.25) is 9.69 Å². The number of thioether (sulfide) groups is 1. The first-order chi connectivity index (χ1) is 18.3. The van der Waals surface area contributed by atoms with Gasteiger partial charge in [-0.1, -0.05) is 17.8 Å². The highest BCUT2D eigenvalue weighted by Gasteiger charge is 2.42. The molecule has 2 aliphatic rings. The maximum absolute atomic E-state index is 13.5. The molecule has 2 unspecified atom stereocenters. The van der Waals surface area contributed by atoms with Gasteiger partial charge in [0.25, 0.3) is 5.24 Å². The monoisotopic (exact) mass is 574 g/mol. The van der Waals surface area contributed by atoms with Gasteiger partial charge in [-0.2, -0.15) is 26.3 Å². The molecule has 0 radical (unpaired) electrons. The smallest absolute Gasteiger partial charge is 0.416 e. The summed E-state index contributed by atoms with van der Waals surface area (Å²) in [6, 6.07) is 3.97. The van der Waals surface area contributed by atoms with Crippen LogP contribution in [0.25, 0.3) is 0 Å². The highest BCUT2D eigenvalue weighted by atomic mass is 32.2. The van der Waals surface area contributed by atoms with Crippen molar-refractivity contribution in [1.29, 1.82) is 0 Å². The van der Waals surface area contributed by atoms with Crippen LogP contribution in [0.3, 0.4) is 0 Å². The van der Waals surface area contributed by atoms with Crippen LogP contribution >= 0.6 is 11.8 Å². The molecule has 2 amide bonds. The summed E-state index contributed by atoms with van der Waals surface area (Å²) in [5, 5.41) is -0.496. The second-order valence-corrected chi connectivity index (χ2v) is 10.4. The van der Waals surface area contributed by atoms with Gasteiger partial charge in [-0.05, 0) is 86.7 Å². The highest BCUT2D eigenvalue weighted by Crippen LogP contribution is 2.47. The molecule has 1 heterocycles. The number of hydrogen-bond acceptors (Lipinski definition) is 4. The summed E-state index contributed by atoms with van der Waals surface area (Å²) in [6.45, 7) is 3.14. The molecule has 0 saturated heterocycles. The lowest BCUT2D eigenvalue weighted by atomic mass is 9.86. The molecule has 0 fully saturated rings. The van der Waals surface area contributed by atoms with Crippen molar-refractivity contribution in [3.05, 3.63) is 63.7 Å². The van der Waals surface area contributed by atoms with E-state index >= 15 is 0 Å². The maximum Gasteiger partial charge on any atom is 0.416 e. The highest BCUT2D eigenvalue weighted by molar-refractivity contribution is 8.12. The van der Waals surface area contributed by atoms with Gasteiger partial charge in [0.05, 0.1) is 29.5 Å². The largest absolute Gasteiger partial charge is 0.449 e. The molecule has 4 rings (SSSR count). The molecule has 2 aromatic carbocycles. The van der Waals surface area contributed by atoms with E-state index in [1.165, 1.54) is 16.1 Å². The molecule has 39 heavy (non-hydrogen) atoms. The Morgan fingerprint density at radius 2 is 1.69 bits per heavy atom. The Bertz CT molecular complexity index is 1230. The van der Waals surface area contributed by atoms with Crippen LogP contribution in [-0.4, -0.2) is 35.1 Å². The predicted molar refractivity (Wildman–Crippen MR) is 136 cm³/mol. The molecule has 5 nitrogen and oxygen atoms in total. The van der Waals surface area contributed by atoms with E-state index in [1.807, 2.05) is 6.07 Å². The molecule has 0 spiro atoms. The van der Waals surface area contributed by atoms with E-state index in [9.17, 15) is 35.9 Å². The van der Waals surface area contributed by atoms with Gasteiger partial charge in [0, 0.05) is 18.2 Å². The number of nitrogens with zero attached hydrogens (tertiary/aromatic N) is 2. The lowest BCUT2D eigenvalue weighted by Gasteiger charge is -2.44. The molecule has 1 aliphatic carbocycles. The van der Waals surface area contributed by atoms with Gasteiger partial charge in [0.1, 0.15) is 0 Å². The topological polar surface area (TPSA) is 49.9 Å². The van der Waals surface area contributed by atoms with Crippen molar-refractivity contribution in [3.63, 3.8) is 0 Å². The Hall–Kier alpha value is -2.89. The van der Waals surface area contributed by atoms with Crippen LogP contribution in [0.5, 0.6) is 0 Å². The second kappa shape index (κ2) is 10.9. The number of carbonyl (C=O) groups is 2. The average Bonchev–Trinajstić information content (AvgIpc) is 3.34. The van der Waals surface area contributed by atoms with Gasteiger partial charge in [-0.15, -0.1) is 0 Å². The fraction of sp³-hybridized carbons (Fsp3) is 0.481. The quantitative estimate of drug-likeness (QED) is 0.348. The number of carbonyl (C=O) groups excluding carboxylic acids is 2. The summed E-state index contributed by atoms with van der Waals surface area (Å²) < 4.78 is 86.5. The third-order valence-electron chi connectivity index (χ3n) is 7.15. The fourth-order valence-electron chi connectivity index (χ4n) is 5.53. The van der Waals surface area contributed by atoms with Crippen molar-refractivity contribution in [2.45, 2.75) is 70.5 Å². The van der Waals surface area contributed by atoms with Crippen molar-refractivity contribution in [1.82, 2.24) is 4.90 Å². The molecule has 2 aromatic rings. The fourth-order valence-corrected chi connectivity index (χ4v) is 5.96. The molecule has 12 heteroatoms. The van der Waals surface area contributed by atoms with Crippen LogP contribution < -0.4 is 4.90 Å². The number of aryl methyl sites for hydroxylation is 1. The summed E-state index contributed by atoms with van der Waals surface area (Å²) in [4.78, 5) is 29.0. The number of ether oxygens (including phenoxy) is 1. The number of hydrogen-bond donors (Lipinski definition) is 0. The SMILES string of the molecule is CCOC(=O)N1c2ccc3c(c2C(N(Cc2cc(C(F)(F)F)cc(C(F)(F)F)c2)C(=O)SC)CC1C)CCC3. The van der Waals surface area contributed by atoms with E-state index in [4.69, 9.17) is 4.74 Å². The van der Waals surface area contributed by atoms with Crippen LogP contribution in [0.4, 0.5) is 41.6 Å². The zero-order valence-electron chi connectivity index (χ0n) is 21.6. The molecule has 212 valence electrons. The summed E-state index contributed by atoms with van der Waals surface area (Å²) in [6.07, 6.45) is -6.48. The lowest BCUT2D eigenvalue weighted by molar-refractivity contribution is -0.143. The number of fused-ring (bicyclic) bond motifs is 3. The number of anilines is 1. The Morgan fingerprint density at radius 1 is 1.05 bits per heavy atom. The van der Waals surface area contributed by atoms with Crippen LogP contribution in [0.15, 0.2) is 30.3 Å². The van der Waals surface area contributed by atoms with Gasteiger partial charge in [0.15, 0.2) is 0 Å². The van der Waals surface area contributed by atoms with Crippen molar-refractivity contribution in [2.24, 2.45) is 0 Å². The summed E-state index contributed by atoms with van der Waals surface area (Å²) in [5.41, 5.74) is 0.0866. The molecule has 0 aromatic heterocycles. The second-order valence-electron chi connectivity index (χ2n) is 9.67. The zero-order valence-corrected chi connectivity index (χ0v) is 22.4. The first-order valence-electron chi connectivity index (χ1n) is 12.5. The molecular weight excluding hydrogens is 546 g/mol. The van der Waals surface area contributed by atoms with Crippen molar-refractivity contribution in [3.8, 4) is 0 Å². The summed E-state index contributed by atoms with van der Waals surface area (Å²) in [5.74, 6) is 0. The Balaban J connectivity index is 1.85. The van der Waals surface area contributed by atoms with Crippen LogP contribution in [-0.2, 0) is 36.5 Å². The molecule has 0 N–H and O–H groups in total. The van der Waals surface area contributed by atoms with E-state index < -0.39 is 53.4 Å². The molecule has 0 bridgehead atoms. The first kappa shape index (κ1) is 29.1. The van der Waals surface area contributed by atoms with Crippen LogP contribution in [0.2, 0.25) is 0 Å². The lowest BCUT2D eigenvalue weighted by Crippen LogP contribution is -2.47. The third kappa shape index (κ3) is 5.85. The molecule has 2 atom stereocenters. The minimum atomic E-state index is -5.00. The van der Waals surface area contributed by atoms with Gasteiger partial charge in [0.2, 0.25) is 0 Å². The average molecular weight is 575 g/mol. The van der Waals surface area contributed by atoms with Crippen LogP contribution in [0.1, 0.15) is 66.1 Å². The Labute approximate surface area is 226 Å². The van der Waals surface area contributed by atoms with Crippen molar-refractivity contribution in [2.75, 3.05) is 17.8 Å². The third-order valence-corrected chi connectivity index (χ3v) is 7.74. The number of alkyl halides is 6. The number of amides is 2. The van der Waals surface area contributed by atoms with E-state index in [-0.39, 0.29) is 24.7 Å². The van der Waals surface area contributed by atoms with Crippen LogP contribution in [0, 0.1) is 0 Å². The molecular formula is C27H28F6N2O3S. The normalized spacial score (nSPS) is 18.9. The van der Waals surface area contributed by atoms with Crippen molar-refractivity contribution < 1.29 is 40.7 Å². The Kier molecular flexibility index (Phi) is 8.16. The van der Waals surface area contributed by atoms with E-state index in [0.717, 1.165) is 35.7 Å². The van der Waals surface area contributed by atoms with Gasteiger partial charge in [-0.25, -0.2) is 4.79 Å². The first-order valence-corrected chi connectivity index (χ1v) is 13.7. The standard InChI is InChI=1S/C27H28F6N2O3S/c1-4-38-24(36)35-15(2)10-22(23-20-7-5-6-17(20)8-9-21(23)35)34(25(37)39-3)14-16-11-18(26(28,29)30)13-19(12-16)27(31,32)33/h8-9,11-13,15,22H,4-7,10,14H2,1-3H3. The molecule has 1 aliphatic heterocycles. The number of benzene rings is 2. The Morgan fingerprint density at radius 3 is 2.26 bits per heavy atom. The van der Waals surface area contributed by atoms with E-state index in [2.05, 4.69) is 0 Å². The predicted octanol–water partition coefficient (Wildman–Crippen LogP) is 7.99. The summed E-state index contributed by atoms with van der Waals surface area (Å²) in [7, 11) is 0. The molecule has 0 saturated carbocycles. The van der Waals surface area contributed by atoms with Gasteiger partial charge >= 0.3 is 18.4 Å². The van der Waals surface area contributed by atoms with Gasteiger partial charge < -0.3 is 9.64 Å². The minimum absolute atomic E-state index is 0.0757. The minimum Gasteiger partial charge on any atom is -0.449 e. The number of rotatable bonds is 4. The summed E-state index contributed by atoms with van der Waals surface area (Å²) >= 11 is 0.827. The number of halogens is 6. The van der Waals surface area contributed by atoms with E-state index in [1.54, 1.807) is 19.9 Å². The zero-order chi connectivity index (χ0) is 28.7.